The van der Waals surface area contributed by atoms with Crippen molar-refractivity contribution in [2.24, 2.45) is 0 Å². The fourth-order valence-corrected chi connectivity index (χ4v) is 4.78. The van der Waals surface area contributed by atoms with Crippen LogP contribution in [0.15, 0.2) is 37.1 Å². The van der Waals surface area contributed by atoms with Crippen molar-refractivity contribution in [1.82, 2.24) is 29.5 Å². The zero-order valence-corrected chi connectivity index (χ0v) is 18.2. The van der Waals surface area contributed by atoms with Crippen molar-refractivity contribution in [3.63, 3.8) is 0 Å². The van der Waals surface area contributed by atoms with E-state index in [0.717, 1.165) is 42.0 Å². The molecule has 2 fully saturated rings. The van der Waals surface area contributed by atoms with E-state index in [1.54, 1.807) is 35.4 Å². The smallest absolute Gasteiger partial charge is 0.225 e. The molecule has 1 aliphatic carbocycles. The van der Waals surface area contributed by atoms with E-state index >= 15 is 0 Å². The Morgan fingerprint density at radius 1 is 1.09 bits per heavy atom. The molecule has 7 rings (SSSR count). The lowest BCUT2D eigenvalue weighted by molar-refractivity contribution is 0.122. The van der Waals surface area contributed by atoms with Crippen LogP contribution in [0.5, 0.6) is 5.75 Å². The van der Waals surface area contributed by atoms with Crippen LogP contribution in [0.25, 0.3) is 16.8 Å². The van der Waals surface area contributed by atoms with Crippen LogP contribution in [-0.2, 0) is 11.3 Å². The second-order valence-electron chi connectivity index (χ2n) is 8.68. The molecule has 1 N–H and O–H groups in total. The summed E-state index contributed by atoms with van der Waals surface area (Å²) in [5, 5.41) is 11.6. The minimum atomic E-state index is -0.239. The van der Waals surface area contributed by atoms with E-state index in [4.69, 9.17) is 9.47 Å². The summed E-state index contributed by atoms with van der Waals surface area (Å²) in [5.41, 5.74) is 3.77. The summed E-state index contributed by atoms with van der Waals surface area (Å²) in [6.45, 7) is 3.18. The number of rotatable bonds is 5. The second-order valence-corrected chi connectivity index (χ2v) is 8.68. The van der Waals surface area contributed by atoms with Gasteiger partial charge < -0.3 is 19.7 Å². The number of aromatic nitrogens is 6. The van der Waals surface area contributed by atoms with Crippen molar-refractivity contribution in [2.45, 2.75) is 25.0 Å². The molecule has 2 aliphatic heterocycles. The molecule has 2 atom stereocenters. The molecule has 1 aromatic carbocycles. The quantitative estimate of drug-likeness (QED) is 0.481. The van der Waals surface area contributed by atoms with Crippen molar-refractivity contribution >= 4 is 17.5 Å². The summed E-state index contributed by atoms with van der Waals surface area (Å²) in [4.78, 5) is 15.7. The van der Waals surface area contributed by atoms with E-state index in [9.17, 15) is 4.39 Å². The Bertz CT molecular complexity index is 1390. The Hall–Kier alpha value is -3.86. The fourth-order valence-electron chi connectivity index (χ4n) is 4.78. The van der Waals surface area contributed by atoms with Crippen molar-refractivity contribution in [3.8, 4) is 16.9 Å². The van der Waals surface area contributed by atoms with Crippen LogP contribution in [-0.4, -0.2) is 62.0 Å². The molecule has 34 heavy (non-hydrogen) atoms. The highest BCUT2D eigenvalue weighted by atomic mass is 19.1. The number of benzene rings is 1. The molecule has 1 saturated carbocycles. The Morgan fingerprint density at radius 2 is 1.94 bits per heavy atom. The van der Waals surface area contributed by atoms with Gasteiger partial charge in [0.1, 0.15) is 24.0 Å². The zero-order chi connectivity index (χ0) is 22.6. The Balaban J connectivity index is 1.16. The first-order valence-electron chi connectivity index (χ1n) is 11.3. The third kappa shape index (κ3) is 3.15. The molecular weight excluding hydrogens is 439 g/mol. The van der Waals surface area contributed by atoms with E-state index in [0.29, 0.717) is 48.8 Å². The molecule has 2 unspecified atom stereocenters. The normalized spacial score (nSPS) is 20.7. The second kappa shape index (κ2) is 7.59. The lowest BCUT2D eigenvalue weighted by atomic mass is 10.0. The van der Waals surface area contributed by atoms with Gasteiger partial charge in [-0.15, -0.1) is 10.2 Å². The zero-order valence-electron chi connectivity index (χ0n) is 18.2. The van der Waals surface area contributed by atoms with Crippen molar-refractivity contribution in [1.29, 1.82) is 0 Å². The van der Waals surface area contributed by atoms with Crippen molar-refractivity contribution < 1.29 is 13.9 Å². The van der Waals surface area contributed by atoms with Gasteiger partial charge in [-0.2, -0.15) is 0 Å². The molecule has 0 bridgehead atoms. The number of halogens is 1. The van der Waals surface area contributed by atoms with E-state index < -0.39 is 0 Å². The van der Waals surface area contributed by atoms with Crippen LogP contribution in [0, 0.1) is 5.82 Å². The average molecular weight is 460 g/mol. The summed E-state index contributed by atoms with van der Waals surface area (Å²) in [6, 6.07) is 3.18. The van der Waals surface area contributed by atoms with Gasteiger partial charge in [-0.25, -0.2) is 19.3 Å². The summed E-state index contributed by atoms with van der Waals surface area (Å²) < 4.78 is 27.7. The minimum absolute atomic E-state index is 0.203. The predicted octanol–water partition coefficient (Wildman–Crippen LogP) is 2.42. The molecule has 1 saturated heterocycles. The van der Waals surface area contributed by atoms with Gasteiger partial charge in [-0.3, -0.25) is 4.40 Å². The van der Waals surface area contributed by atoms with Crippen LogP contribution in [0.1, 0.15) is 23.5 Å². The van der Waals surface area contributed by atoms with E-state index in [1.165, 1.54) is 6.07 Å². The molecule has 3 aromatic heterocycles. The number of ether oxygens (including phenoxy) is 2. The highest BCUT2D eigenvalue weighted by molar-refractivity contribution is 5.76. The largest absolute Gasteiger partial charge is 0.489 e. The highest BCUT2D eigenvalue weighted by Crippen LogP contribution is 2.55. The maximum Gasteiger partial charge on any atom is 0.225 e. The Kier molecular flexibility index (Phi) is 4.37. The summed E-state index contributed by atoms with van der Waals surface area (Å²) in [6.07, 6.45) is 8.00. The highest BCUT2D eigenvalue weighted by Gasteiger charge is 2.49. The van der Waals surface area contributed by atoms with Gasteiger partial charge in [-0.05, 0) is 18.6 Å². The molecule has 4 aromatic rings. The van der Waals surface area contributed by atoms with Gasteiger partial charge in [0.25, 0.3) is 0 Å². The van der Waals surface area contributed by atoms with Crippen LogP contribution >= 0.6 is 0 Å². The van der Waals surface area contributed by atoms with Gasteiger partial charge in [0.2, 0.25) is 11.9 Å². The number of hydrogen-bond donors (Lipinski definition) is 1. The lowest BCUT2D eigenvalue weighted by Crippen LogP contribution is -2.37. The van der Waals surface area contributed by atoms with Gasteiger partial charge in [0.05, 0.1) is 13.2 Å². The average Bonchev–Trinajstić information content (AvgIpc) is 3.29. The first-order valence-corrected chi connectivity index (χ1v) is 11.3. The number of morpholine rings is 1. The van der Waals surface area contributed by atoms with Crippen LogP contribution < -0.4 is 15.0 Å². The van der Waals surface area contributed by atoms with Gasteiger partial charge in [0, 0.05) is 66.4 Å². The topological polar surface area (TPSA) is 103 Å². The van der Waals surface area contributed by atoms with E-state index in [-0.39, 0.29) is 11.9 Å². The molecule has 11 heteroatoms. The van der Waals surface area contributed by atoms with Crippen LogP contribution in [0.3, 0.4) is 0 Å². The maximum atomic E-state index is 14.7. The molecule has 0 amide bonds. The SMILES string of the molecule is Fc1ccc2c(c1CNc1ncc(-c3cnc(N4CCOCC4)nc3)c3nncn13)C1CC1O2. The lowest BCUT2D eigenvalue weighted by Gasteiger charge is -2.26. The van der Waals surface area contributed by atoms with Crippen molar-refractivity contribution in [2.75, 3.05) is 36.5 Å². The molecular formula is C23H21FN8O2. The Labute approximate surface area is 193 Å². The summed E-state index contributed by atoms with van der Waals surface area (Å²) in [5.74, 6) is 2.05. The number of nitrogens with zero attached hydrogens (tertiary/aromatic N) is 7. The number of nitrogens with one attached hydrogen (secondary N) is 1. The maximum absolute atomic E-state index is 14.7. The molecule has 5 heterocycles. The van der Waals surface area contributed by atoms with Gasteiger partial charge in [-0.1, -0.05) is 0 Å². The Morgan fingerprint density at radius 3 is 2.79 bits per heavy atom. The first kappa shape index (κ1) is 19.6. The fraction of sp³-hybridized carbons (Fsp3) is 0.348. The number of anilines is 2. The number of fused-ring (bicyclic) bond motifs is 4. The number of hydrogen-bond acceptors (Lipinski definition) is 9. The molecule has 10 nitrogen and oxygen atoms in total. The van der Waals surface area contributed by atoms with E-state index in [1.807, 2.05) is 0 Å². The monoisotopic (exact) mass is 460 g/mol. The van der Waals surface area contributed by atoms with Crippen LogP contribution in [0.2, 0.25) is 0 Å². The van der Waals surface area contributed by atoms with E-state index in [2.05, 4.69) is 35.4 Å². The van der Waals surface area contributed by atoms with Crippen molar-refractivity contribution in [3.05, 3.63) is 54.0 Å². The third-order valence-electron chi connectivity index (χ3n) is 6.64. The molecule has 0 spiro atoms. The minimum Gasteiger partial charge on any atom is -0.489 e. The summed E-state index contributed by atoms with van der Waals surface area (Å²) >= 11 is 0. The van der Waals surface area contributed by atoms with Crippen LogP contribution in [0.4, 0.5) is 16.3 Å². The van der Waals surface area contributed by atoms with Gasteiger partial charge >= 0.3 is 0 Å². The molecule has 172 valence electrons. The standard InChI is InChI=1S/C23H21FN8O2/c24-17-1-2-18-20(14-7-19(14)34-18)16(17)11-28-23-27-10-15(21-30-29-12-32(21)23)13-8-25-22(26-9-13)31-3-5-33-6-4-31/h1-2,8-10,12,14,19H,3-7,11H2,(H,27,28). The first-order chi connectivity index (χ1) is 16.8. The van der Waals surface area contributed by atoms with Gasteiger partial charge in [0.15, 0.2) is 5.65 Å². The molecule has 3 aliphatic rings. The third-order valence-corrected chi connectivity index (χ3v) is 6.64. The molecule has 0 radical (unpaired) electrons. The predicted molar refractivity (Wildman–Crippen MR) is 120 cm³/mol. The summed E-state index contributed by atoms with van der Waals surface area (Å²) in [7, 11) is 0.